The van der Waals surface area contributed by atoms with Gasteiger partial charge in [0.05, 0.1) is 0 Å². The predicted molar refractivity (Wildman–Crippen MR) is 97.8 cm³/mol. The number of hydrogen-bond acceptors (Lipinski definition) is 3. The molecule has 1 aliphatic carbocycles. The standard InChI is InChI=1S/C21H21FN2O2/c22-17-5-7-18(8-6-17)23-9-11-24(12-10-23)21(26)16-13-15-3-1-2-4-19(15)20(25)14-16/h1-8,16H,9-14H2. The van der Waals surface area contributed by atoms with E-state index in [9.17, 15) is 14.0 Å². The van der Waals surface area contributed by atoms with E-state index in [1.165, 1.54) is 12.1 Å². The molecule has 2 aliphatic rings. The number of ketones is 1. The van der Waals surface area contributed by atoms with Crippen molar-refractivity contribution in [2.75, 3.05) is 31.1 Å². The molecule has 0 radical (unpaired) electrons. The first-order valence-corrected chi connectivity index (χ1v) is 9.02. The summed E-state index contributed by atoms with van der Waals surface area (Å²) >= 11 is 0. The second kappa shape index (κ2) is 6.90. The van der Waals surface area contributed by atoms with Crippen molar-refractivity contribution in [2.24, 2.45) is 5.92 Å². The van der Waals surface area contributed by atoms with Crippen LogP contribution >= 0.6 is 0 Å². The van der Waals surface area contributed by atoms with Gasteiger partial charge >= 0.3 is 0 Å². The molecule has 4 rings (SSSR count). The Kier molecular flexibility index (Phi) is 4.45. The van der Waals surface area contributed by atoms with E-state index < -0.39 is 0 Å². The zero-order valence-electron chi connectivity index (χ0n) is 14.5. The van der Waals surface area contributed by atoms with E-state index in [0.717, 1.165) is 16.8 Å². The maximum absolute atomic E-state index is 13.1. The van der Waals surface area contributed by atoms with Crippen molar-refractivity contribution in [3.8, 4) is 0 Å². The smallest absolute Gasteiger partial charge is 0.226 e. The zero-order chi connectivity index (χ0) is 18.1. The van der Waals surface area contributed by atoms with E-state index in [-0.39, 0.29) is 23.4 Å². The summed E-state index contributed by atoms with van der Waals surface area (Å²) in [4.78, 5) is 29.3. The summed E-state index contributed by atoms with van der Waals surface area (Å²) in [6.07, 6.45) is 0.937. The number of piperazine rings is 1. The largest absolute Gasteiger partial charge is 0.368 e. The average Bonchev–Trinajstić information content (AvgIpc) is 2.68. The maximum atomic E-state index is 13.1. The molecule has 1 unspecified atom stereocenters. The summed E-state index contributed by atoms with van der Waals surface area (Å²) in [5.74, 6) is -0.360. The molecular formula is C21H21FN2O2. The quantitative estimate of drug-likeness (QED) is 0.834. The molecular weight excluding hydrogens is 331 g/mol. The Hall–Kier alpha value is -2.69. The molecule has 0 bridgehead atoms. The second-order valence-corrected chi connectivity index (χ2v) is 6.97. The number of rotatable bonds is 2. The lowest BCUT2D eigenvalue weighted by molar-refractivity contribution is -0.135. The molecule has 1 saturated heterocycles. The van der Waals surface area contributed by atoms with Crippen LogP contribution in [0.2, 0.25) is 0 Å². The van der Waals surface area contributed by atoms with Crippen molar-refractivity contribution in [2.45, 2.75) is 12.8 Å². The van der Waals surface area contributed by atoms with Gasteiger partial charge in [0.15, 0.2) is 5.78 Å². The monoisotopic (exact) mass is 352 g/mol. The molecule has 1 aliphatic heterocycles. The third-order valence-corrected chi connectivity index (χ3v) is 5.35. The molecule has 4 nitrogen and oxygen atoms in total. The third-order valence-electron chi connectivity index (χ3n) is 5.35. The summed E-state index contributed by atoms with van der Waals surface area (Å²) in [6.45, 7) is 2.69. The lowest BCUT2D eigenvalue weighted by Gasteiger charge is -2.38. The van der Waals surface area contributed by atoms with Crippen molar-refractivity contribution >= 4 is 17.4 Å². The molecule has 1 heterocycles. The number of benzene rings is 2. The molecule has 1 atom stereocenters. The van der Waals surface area contributed by atoms with Gasteiger partial charge in [-0.05, 0) is 36.2 Å². The predicted octanol–water partition coefficient (Wildman–Crippen LogP) is 2.92. The lowest BCUT2D eigenvalue weighted by Crippen LogP contribution is -2.51. The highest BCUT2D eigenvalue weighted by molar-refractivity contribution is 6.01. The van der Waals surface area contributed by atoms with Gasteiger partial charge in [0.2, 0.25) is 5.91 Å². The topological polar surface area (TPSA) is 40.6 Å². The van der Waals surface area contributed by atoms with Crippen molar-refractivity contribution in [1.82, 2.24) is 4.90 Å². The first-order valence-electron chi connectivity index (χ1n) is 9.02. The highest BCUT2D eigenvalue weighted by atomic mass is 19.1. The first kappa shape index (κ1) is 16.8. The fourth-order valence-corrected chi connectivity index (χ4v) is 3.91. The molecule has 0 saturated carbocycles. The van der Waals surface area contributed by atoms with Gasteiger partial charge in [0.25, 0.3) is 0 Å². The van der Waals surface area contributed by atoms with Crippen molar-refractivity contribution in [1.29, 1.82) is 0 Å². The molecule has 5 heteroatoms. The van der Waals surface area contributed by atoms with Gasteiger partial charge in [-0.3, -0.25) is 9.59 Å². The second-order valence-electron chi connectivity index (χ2n) is 6.97. The number of nitrogens with zero attached hydrogens (tertiary/aromatic N) is 2. The number of fused-ring (bicyclic) bond motifs is 1. The minimum atomic E-state index is -0.255. The van der Waals surface area contributed by atoms with Crippen LogP contribution in [0.4, 0.5) is 10.1 Å². The molecule has 0 aromatic heterocycles. The van der Waals surface area contributed by atoms with Crippen molar-refractivity contribution in [3.05, 3.63) is 65.5 Å². The Bertz CT molecular complexity index is 826. The van der Waals surface area contributed by atoms with E-state index in [0.29, 0.717) is 39.0 Å². The van der Waals surface area contributed by atoms with E-state index >= 15 is 0 Å². The molecule has 2 aromatic carbocycles. The van der Waals surface area contributed by atoms with Gasteiger partial charge < -0.3 is 9.80 Å². The van der Waals surface area contributed by atoms with E-state index in [1.54, 1.807) is 12.1 Å². The highest BCUT2D eigenvalue weighted by Crippen LogP contribution is 2.27. The number of amides is 1. The van der Waals surface area contributed by atoms with Crippen LogP contribution in [0.15, 0.2) is 48.5 Å². The number of carbonyl (C=O) groups excluding carboxylic acids is 2. The van der Waals surface area contributed by atoms with Crippen LogP contribution < -0.4 is 4.90 Å². The Morgan fingerprint density at radius 1 is 0.923 bits per heavy atom. The average molecular weight is 352 g/mol. The zero-order valence-corrected chi connectivity index (χ0v) is 14.5. The Labute approximate surface area is 152 Å². The van der Waals surface area contributed by atoms with Crippen LogP contribution in [-0.2, 0) is 11.2 Å². The van der Waals surface area contributed by atoms with Gasteiger partial charge in [-0.1, -0.05) is 24.3 Å². The summed E-state index contributed by atoms with van der Waals surface area (Å²) in [7, 11) is 0. The number of carbonyl (C=O) groups is 2. The van der Waals surface area contributed by atoms with E-state index in [2.05, 4.69) is 4.90 Å². The van der Waals surface area contributed by atoms with Gasteiger partial charge in [-0.15, -0.1) is 0 Å². The number of halogens is 1. The third kappa shape index (κ3) is 3.21. The maximum Gasteiger partial charge on any atom is 0.226 e. The van der Waals surface area contributed by atoms with E-state index in [4.69, 9.17) is 0 Å². The van der Waals surface area contributed by atoms with Crippen LogP contribution in [-0.4, -0.2) is 42.8 Å². The fraction of sp³-hybridized carbons (Fsp3) is 0.333. The molecule has 0 spiro atoms. The van der Waals surface area contributed by atoms with Crippen molar-refractivity contribution in [3.63, 3.8) is 0 Å². The molecule has 1 fully saturated rings. The molecule has 26 heavy (non-hydrogen) atoms. The molecule has 0 N–H and O–H groups in total. The summed E-state index contributed by atoms with van der Waals surface area (Å²) < 4.78 is 13.1. The van der Waals surface area contributed by atoms with Crippen LogP contribution in [0, 0.1) is 11.7 Å². The minimum absolute atomic E-state index is 0.0650. The van der Waals surface area contributed by atoms with Gasteiger partial charge in [0.1, 0.15) is 5.82 Å². The normalized spacial score (nSPS) is 20.0. The lowest BCUT2D eigenvalue weighted by atomic mass is 9.82. The van der Waals surface area contributed by atoms with Crippen LogP contribution in [0.5, 0.6) is 0 Å². The van der Waals surface area contributed by atoms with Crippen LogP contribution in [0.25, 0.3) is 0 Å². The number of hydrogen-bond donors (Lipinski definition) is 0. The summed E-state index contributed by atoms with van der Waals surface area (Å²) in [5, 5.41) is 0. The van der Waals surface area contributed by atoms with Gasteiger partial charge in [-0.25, -0.2) is 4.39 Å². The molecule has 2 aromatic rings. The number of Topliss-reactive ketones (excluding diaryl/α,β-unsaturated/α-hetero) is 1. The first-order chi connectivity index (χ1) is 12.6. The number of anilines is 1. The minimum Gasteiger partial charge on any atom is -0.368 e. The Morgan fingerprint density at radius 3 is 2.35 bits per heavy atom. The van der Waals surface area contributed by atoms with Gasteiger partial charge in [-0.2, -0.15) is 0 Å². The highest BCUT2D eigenvalue weighted by Gasteiger charge is 2.33. The fourth-order valence-electron chi connectivity index (χ4n) is 3.91. The van der Waals surface area contributed by atoms with E-state index in [1.807, 2.05) is 29.2 Å². The Morgan fingerprint density at radius 2 is 1.62 bits per heavy atom. The Balaban J connectivity index is 1.40. The molecule has 134 valence electrons. The molecule has 1 amide bonds. The summed E-state index contributed by atoms with van der Waals surface area (Å²) in [5.41, 5.74) is 2.71. The van der Waals surface area contributed by atoms with Crippen LogP contribution in [0.3, 0.4) is 0 Å². The van der Waals surface area contributed by atoms with Gasteiger partial charge in [0, 0.05) is 49.8 Å². The summed E-state index contributed by atoms with van der Waals surface area (Å²) in [6, 6.07) is 14.0. The van der Waals surface area contributed by atoms with Crippen LogP contribution in [0.1, 0.15) is 22.3 Å². The SMILES string of the molecule is O=C1CC(C(=O)N2CCN(c3ccc(F)cc3)CC2)Cc2ccccc21. The van der Waals surface area contributed by atoms with Crippen molar-refractivity contribution < 1.29 is 14.0 Å².